The molecule has 5 nitrogen and oxygen atoms in total. The molecule has 0 aliphatic heterocycles. The fourth-order valence-corrected chi connectivity index (χ4v) is 0.941. The van der Waals surface area contributed by atoms with Crippen molar-refractivity contribution in [3.63, 3.8) is 0 Å². The zero-order valence-electron chi connectivity index (χ0n) is 10.1. The van der Waals surface area contributed by atoms with Gasteiger partial charge in [0, 0.05) is 12.1 Å². The molecule has 0 aliphatic carbocycles. The van der Waals surface area contributed by atoms with Crippen molar-refractivity contribution in [2.75, 3.05) is 0 Å². The lowest BCUT2D eigenvalue weighted by atomic mass is 10.2. The number of alkyl carbamates (subject to hydrolysis) is 1. The van der Waals surface area contributed by atoms with Gasteiger partial charge in [0.05, 0.1) is 0 Å². The predicted octanol–water partition coefficient (Wildman–Crippen LogP) is 1.93. The van der Waals surface area contributed by atoms with Gasteiger partial charge in [-0.3, -0.25) is 0 Å². The normalized spacial score (nSPS) is 13.5. The van der Waals surface area contributed by atoms with E-state index in [1.807, 2.05) is 0 Å². The van der Waals surface area contributed by atoms with Gasteiger partial charge in [0.1, 0.15) is 5.60 Å². The molecule has 2 N–H and O–H groups in total. The third-order valence-corrected chi connectivity index (χ3v) is 1.51. The standard InChI is InChI=1S/C11H19NO4/c1-8(6-5-7-9(13)14)12-10(15)16-11(2,3)4/h5,7-8H,6H2,1-4H3,(H,12,15)(H,13,14). The highest BCUT2D eigenvalue weighted by Crippen LogP contribution is 2.07. The molecular weight excluding hydrogens is 210 g/mol. The van der Waals surface area contributed by atoms with Gasteiger partial charge in [-0.2, -0.15) is 0 Å². The van der Waals surface area contributed by atoms with Gasteiger partial charge < -0.3 is 15.2 Å². The predicted molar refractivity (Wildman–Crippen MR) is 60.2 cm³/mol. The fourth-order valence-electron chi connectivity index (χ4n) is 0.941. The minimum atomic E-state index is -0.996. The Balaban J connectivity index is 3.92. The number of hydrogen-bond acceptors (Lipinski definition) is 3. The smallest absolute Gasteiger partial charge is 0.407 e. The van der Waals surface area contributed by atoms with Crippen LogP contribution in [-0.2, 0) is 9.53 Å². The summed E-state index contributed by atoms with van der Waals surface area (Å²) in [7, 11) is 0. The first-order chi connectivity index (χ1) is 7.20. The molecule has 0 heterocycles. The highest BCUT2D eigenvalue weighted by Gasteiger charge is 2.16. The number of carbonyl (C=O) groups excluding carboxylic acids is 1. The van der Waals surface area contributed by atoms with Gasteiger partial charge in [0.2, 0.25) is 0 Å². The van der Waals surface area contributed by atoms with Crippen molar-refractivity contribution in [2.45, 2.75) is 45.8 Å². The maximum atomic E-state index is 11.3. The van der Waals surface area contributed by atoms with Gasteiger partial charge in [-0.05, 0) is 34.1 Å². The summed E-state index contributed by atoms with van der Waals surface area (Å²) in [5, 5.41) is 11.0. The Bertz CT molecular complexity index is 278. The van der Waals surface area contributed by atoms with E-state index in [2.05, 4.69) is 5.32 Å². The third-order valence-electron chi connectivity index (χ3n) is 1.51. The zero-order valence-corrected chi connectivity index (χ0v) is 10.1. The Morgan fingerprint density at radius 2 is 2.00 bits per heavy atom. The van der Waals surface area contributed by atoms with Crippen molar-refractivity contribution < 1.29 is 19.4 Å². The Kier molecular flexibility index (Phi) is 5.56. The van der Waals surface area contributed by atoms with Crippen LogP contribution in [0.3, 0.4) is 0 Å². The van der Waals surface area contributed by atoms with Gasteiger partial charge in [0.15, 0.2) is 0 Å². The van der Waals surface area contributed by atoms with E-state index in [1.54, 1.807) is 27.7 Å². The van der Waals surface area contributed by atoms with Crippen LogP contribution < -0.4 is 5.32 Å². The molecule has 1 unspecified atom stereocenters. The van der Waals surface area contributed by atoms with Crippen LogP contribution in [0.5, 0.6) is 0 Å². The maximum Gasteiger partial charge on any atom is 0.407 e. The topological polar surface area (TPSA) is 75.6 Å². The van der Waals surface area contributed by atoms with E-state index in [9.17, 15) is 9.59 Å². The molecule has 0 aromatic heterocycles. The summed E-state index contributed by atoms with van der Waals surface area (Å²) in [4.78, 5) is 21.5. The van der Waals surface area contributed by atoms with Gasteiger partial charge in [0.25, 0.3) is 0 Å². The van der Waals surface area contributed by atoms with E-state index in [-0.39, 0.29) is 6.04 Å². The Labute approximate surface area is 95.5 Å². The molecule has 0 aromatic rings. The van der Waals surface area contributed by atoms with E-state index >= 15 is 0 Å². The number of aliphatic carboxylic acids is 1. The first kappa shape index (κ1) is 14.5. The summed E-state index contributed by atoms with van der Waals surface area (Å²) in [5.41, 5.74) is -0.527. The summed E-state index contributed by atoms with van der Waals surface area (Å²) in [6.07, 6.45) is 2.49. The highest BCUT2D eigenvalue weighted by molar-refractivity contribution is 5.79. The van der Waals surface area contributed by atoms with E-state index in [0.29, 0.717) is 6.42 Å². The number of carboxylic acid groups (broad SMARTS) is 1. The number of rotatable bonds is 4. The molecule has 0 aromatic carbocycles. The van der Waals surface area contributed by atoms with Crippen LogP contribution in [0, 0.1) is 0 Å². The van der Waals surface area contributed by atoms with Crippen LogP contribution >= 0.6 is 0 Å². The van der Waals surface area contributed by atoms with Crippen LogP contribution in [0.1, 0.15) is 34.1 Å². The van der Waals surface area contributed by atoms with Crippen LogP contribution in [0.15, 0.2) is 12.2 Å². The van der Waals surface area contributed by atoms with Crippen LogP contribution in [0.4, 0.5) is 4.79 Å². The summed E-state index contributed by atoms with van der Waals surface area (Å²) >= 11 is 0. The SMILES string of the molecule is CC(CC=CC(=O)O)NC(=O)OC(C)(C)C. The highest BCUT2D eigenvalue weighted by atomic mass is 16.6. The largest absolute Gasteiger partial charge is 0.478 e. The Morgan fingerprint density at radius 1 is 1.44 bits per heavy atom. The van der Waals surface area contributed by atoms with Crippen molar-refractivity contribution in [1.82, 2.24) is 5.32 Å². The quantitative estimate of drug-likeness (QED) is 0.722. The molecule has 5 heteroatoms. The number of carboxylic acids is 1. The number of carbonyl (C=O) groups is 2. The lowest BCUT2D eigenvalue weighted by molar-refractivity contribution is -0.131. The van der Waals surface area contributed by atoms with Crippen molar-refractivity contribution in [1.29, 1.82) is 0 Å². The zero-order chi connectivity index (χ0) is 12.8. The maximum absolute atomic E-state index is 11.3. The summed E-state index contributed by atoms with van der Waals surface area (Å²) in [6, 6.07) is -0.162. The molecule has 92 valence electrons. The molecule has 0 fully saturated rings. The molecule has 16 heavy (non-hydrogen) atoms. The molecule has 0 spiro atoms. The van der Waals surface area contributed by atoms with Gasteiger partial charge >= 0.3 is 12.1 Å². The summed E-state index contributed by atoms with van der Waals surface area (Å²) in [6.45, 7) is 7.11. The van der Waals surface area contributed by atoms with Crippen LogP contribution in [-0.4, -0.2) is 28.8 Å². The van der Waals surface area contributed by atoms with Gasteiger partial charge in [-0.25, -0.2) is 9.59 Å². The Morgan fingerprint density at radius 3 is 2.44 bits per heavy atom. The van der Waals surface area contributed by atoms with E-state index in [0.717, 1.165) is 6.08 Å². The summed E-state index contributed by atoms with van der Waals surface area (Å²) < 4.78 is 5.05. The average molecular weight is 229 g/mol. The van der Waals surface area contributed by atoms with Crippen LogP contribution in [0.25, 0.3) is 0 Å². The molecule has 1 atom stereocenters. The molecule has 0 rings (SSSR count). The molecule has 0 radical (unpaired) electrons. The van der Waals surface area contributed by atoms with Gasteiger partial charge in [-0.1, -0.05) is 6.08 Å². The lowest BCUT2D eigenvalue weighted by Gasteiger charge is -2.21. The van der Waals surface area contributed by atoms with E-state index in [4.69, 9.17) is 9.84 Å². The number of ether oxygens (including phenoxy) is 1. The summed E-state index contributed by atoms with van der Waals surface area (Å²) in [5.74, 6) is -0.996. The number of hydrogen-bond donors (Lipinski definition) is 2. The second-order valence-corrected chi connectivity index (χ2v) is 4.52. The third kappa shape index (κ3) is 9.05. The first-order valence-electron chi connectivity index (χ1n) is 5.09. The second kappa shape index (κ2) is 6.15. The molecule has 0 saturated heterocycles. The lowest BCUT2D eigenvalue weighted by Crippen LogP contribution is -2.37. The van der Waals surface area contributed by atoms with Crippen molar-refractivity contribution in [3.8, 4) is 0 Å². The molecule has 0 bridgehead atoms. The fraction of sp³-hybridized carbons (Fsp3) is 0.636. The minimum Gasteiger partial charge on any atom is -0.478 e. The number of nitrogens with one attached hydrogen (secondary N) is 1. The van der Waals surface area contributed by atoms with Crippen molar-refractivity contribution in [2.24, 2.45) is 0 Å². The van der Waals surface area contributed by atoms with E-state index in [1.165, 1.54) is 6.08 Å². The number of amides is 1. The minimum absolute atomic E-state index is 0.162. The second-order valence-electron chi connectivity index (χ2n) is 4.52. The molecular formula is C11H19NO4. The molecule has 0 saturated carbocycles. The van der Waals surface area contributed by atoms with Gasteiger partial charge in [-0.15, -0.1) is 0 Å². The van der Waals surface area contributed by atoms with Crippen LogP contribution in [0.2, 0.25) is 0 Å². The molecule has 0 aliphatic rings. The van der Waals surface area contributed by atoms with Crippen molar-refractivity contribution >= 4 is 12.1 Å². The van der Waals surface area contributed by atoms with E-state index < -0.39 is 17.7 Å². The first-order valence-corrected chi connectivity index (χ1v) is 5.09. The average Bonchev–Trinajstić information content (AvgIpc) is 1.98. The van der Waals surface area contributed by atoms with Crippen molar-refractivity contribution in [3.05, 3.63) is 12.2 Å². The Hall–Kier alpha value is -1.52. The monoisotopic (exact) mass is 229 g/mol. The molecule has 1 amide bonds.